The number of β-amino-alcohol motifs (C(OH)–C–C–N with tert-alkyl or cyclic N) is 1. The van der Waals surface area contributed by atoms with Crippen molar-refractivity contribution in [2.24, 2.45) is 0 Å². The van der Waals surface area contributed by atoms with E-state index >= 15 is 0 Å². The van der Waals surface area contributed by atoms with Crippen LogP contribution in [0.25, 0.3) is 0 Å². The van der Waals surface area contributed by atoms with Crippen molar-refractivity contribution in [3.63, 3.8) is 0 Å². The van der Waals surface area contributed by atoms with Gasteiger partial charge in [0.25, 0.3) is 0 Å². The zero-order valence-corrected chi connectivity index (χ0v) is 11.1. The molecule has 0 aliphatic carbocycles. The van der Waals surface area contributed by atoms with Gasteiger partial charge in [0.2, 0.25) is 0 Å². The molecular weight excluding hydrogens is 270 g/mol. The molecule has 0 amide bonds. The average Bonchev–Trinajstić information content (AvgIpc) is 2.15. The van der Waals surface area contributed by atoms with Gasteiger partial charge in [-0.25, -0.2) is 0 Å². The first-order chi connectivity index (χ1) is 7.46. The molecule has 0 saturated heterocycles. The number of benzene rings is 1. The summed E-state index contributed by atoms with van der Waals surface area (Å²) >= 11 is 3.42. The Labute approximate surface area is 104 Å². The standard InChI is InChI=1S/C12H16BrNO2/c1-12(2,15)8-14-5-6-16-11-7-9(13)3-4-10(11)14/h3-4,7,15H,5-6,8H2,1-2H3. The smallest absolute Gasteiger partial charge is 0.143 e. The van der Waals surface area contributed by atoms with Gasteiger partial charge in [-0.05, 0) is 32.0 Å². The number of rotatable bonds is 2. The molecule has 1 aromatic carbocycles. The minimum atomic E-state index is -0.693. The third kappa shape index (κ3) is 2.68. The van der Waals surface area contributed by atoms with Crippen LogP contribution in [0.3, 0.4) is 0 Å². The fourth-order valence-corrected chi connectivity index (χ4v) is 2.22. The van der Waals surface area contributed by atoms with E-state index in [1.165, 1.54) is 0 Å². The lowest BCUT2D eigenvalue weighted by atomic mass is 10.1. The van der Waals surface area contributed by atoms with Gasteiger partial charge in [0, 0.05) is 11.0 Å². The van der Waals surface area contributed by atoms with Crippen LogP contribution in [0.15, 0.2) is 22.7 Å². The fraction of sp³-hybridized carbons (Fsp3) is 0.500. The van der Waals surface area contributed by atoms with E-state index in [-0.39, 0.29) is 0 Å². The molecule has 1 heterocycles. The number of hydrogen-bond acceptors (Lipinski definition) is 3. The van der Waals surface area contributed by atoms with E-state index in [2.05, 4.69) is 20.8 Å². The minimum absolute atomic E-state index is 0.616. The first kappa shape index (κ1) is 11.7. The molecule has 1 aliphatic rings. The lowest BCUT2D eigenvalue weighted by Gasteiger charge is -2.35. The highest BCUT2D eigenvalue weighted by Gasteiger charge is 2.23. The van der Waals surface area contributed by atoms with E-state index in [0.717, 1.165) is 22.5 Å². The summed E-state index contributed by atoms with van der Waals surface area (Å²) in [4.78, 5) is 2.16. The van der Waals surface area contributed by atoms with Crippen molar-refractivity contribution in [3.8, 4) is 5.75 Å². The molecule has 2 rings (SSSR count). The van der Waals surface area contributed by atoms with Gasteiger partial charge < -0.3 is 14.7 Å². The number of anilines is 1. The summed E-state index contributed by atoms with van der Waals surface area (Å²) in [7, 11) is 0. The highest BCUT2D eigenvalue weighted by molar-refractivity contribution is 9.10. The summed E-state index contributed by atoms with van der Waals surface area (Å²) in [6.07, 6.45) is 0. The van der Waals surface area contributed by atoms with Crippen molar-refractivity contribution in [1.82, 2.24) is 0 Å². The fourth-order valence-electron chi connectivity index (χ4n) is 1.88. The van der Waals surface area contributed by atoms with Crippen LogP contribution in [-0.4, -0.2) is 30.4 Å². The number of fused-ring (bicyclic) bond motifs is 1. The Kier molecular flexibility index (Phi) is 3.13. The van der Waals surface area contributed by atoms with Crippen molar-refractivity contribution in [2.45, 2.75) is 19.4 Å². The highest BCUT2D eigenvalue weighted by atomic mass is 79.9. The van der Waals surface area contributed by atoms with Gasteiger partial charge in [0.05, 0.1) is 17.8 Å². The van der Waals surface area contributed by atoms with Gasteiger partial charge in [-0.15, -0.1) is 0 Å². The Bertz CT molecular complexity index is 387. The molecule has 1 N–H and O–H groups in total. The first-order valence-corrected chi connectivity index (χ1v) is 6.15. The summed E-state index contributed by atoms with van der Waals surface area (Å²) in [5.74, 6) is 0.880. The molecule has 3 nitrogen and oxygen atoms in total. The lowest BCUT2D eigenvalue weighted by Crippen LogP contribution is -2.42. The SMILES string of the molecule is CC(C)(O)CN1CCOc2cc(Br)ccc21. The zero-order chi connectivity index (χ0) is 11.8. The lowest BCUT2D eigenvalue weighted by molar-refractivity contribution is 0.0855. The Hall–Kier alpha value is -0.740. The summed E-state index contributed by atoms with van der Waals surface area (Å²) < 4.78 is 6.61. The van der Waals surface area contributed by atoms with Crippen LogP contribution in [0.2, 0.25) is 0 Å². The van der Waals surface area contributed by atoms with E-state index in [9.17, 15) is 5.11 Å². The molecular formula is C12H16BrNO2. The second-order valence-electron chi connectivity index (χ2n) is 4.69. The molecule has 0 spiro atoms. The van der Waals surface area contributed by atoms with Crippen molar-refractivity contribution >= 4 is 21.6 Å². The Balaban J connectivity index is 2.26. The maximum atomic E-state index is 9.86. The molecule has 4 heteroatoms. The van der Waals surface area contributed by atoms with E-state index in [4.69, 9.17) is 4.74 Å². The number of hydrogen-bond donors (Lipinski definition) is 1. The molecule has 0 bridgehead atoms. The maximum Gasteiger partial charge on any atom is 0.143 e. The highest BCUT2D eigenvalue weighted by Crippen LogP contribution is 2.34. The van der Waals surface area contributed by atoms with Crippen LogP contribution < -0.4 is 9.64 Å². The quantitative estimate of drug-likeness (QED) is 0.906. The monoisotopic (exact) mass is 285 g/mol. The number of halogens is 1. The van der Waals surface area contributed by atoms with Crippen molar-refractivity contribution in [3.05, 3.63) is 22.7 Å². The topological polar surface area (TPSA) is 32.7 Å². The van der Waals surface area contributed by atoms with Gasteiger partial charge in [-0.2, -0.15) is 0 Å². The molecule has 0 fully saturated rings. The molecule has 1 aromatic rings. The van der Waals surface area contributed by atoms with E-state index < -0.39 is 5.60 Å². The second kappa shape index (κ2) is 4.26. The molecule has 0 aromatic heterocycles. The van der Waals surface area contributed by atoms with E-state index in [1.807, 2.05) is 32.0 Å². The largest absolute Gasteiger partial charge is 0.490 e. The molecule has 0 unspecified atom stereocenters. The normalized spacial score (nSPS) is 15.6. The molecule has 0 radical (unpaired) electrons. The molecule has 0 saturated carbocycles. The van der Waals surface area contributed by atoms with E-state index in [1.54, 1.807) is 0 Å². The van der Waals surface area contributed by atoms with Crippen LogP contribution >= 0.6 is 15.9 Å². The first-order valence-electron chi connectivity index (χ1n) is 5.35. The number of aliphatic hydroxyl groups is 1. The van der Waals surface area contributed by atoms with Crippen LogP contribution in [0.5, 0.6) is 5.75 Å². The number of nitrogens with zero attached hydrogens (tertiary/aromatic N) is 1. The van der Waals surface area contributed by atoms with Gasteiger partial charge in [0.1, 0.15) is 12.4 Å². The van der Waals surface area contributed by atoms with Crippen LogP contribution in [0, 0.1) is 0 Å². The minimum Gasteiger partial charge on any atom is -0.490 e. The van der Waals surface area contributed by atoms with Gasteiger partial charge >= 0.3 is 0 Å². The van der Waals surface area contributed by atoms with Crippen molar-refractivity contribution in [2.75, 3.05) is 24.6 Å². The predicted octanol–water partition coefficient (Wildman–Crippen LogP) is 2.42. The third-order valence-corrected chi connectivity index (χ3v) is 2.95. The Morgan fingerprint density at radius 2 is 2.25 bits per heavy atom. The molecule has 1 aliphatic heterocycles. The summed E-state index contributed by atoms with van der Waals surface area (Å²) in [6.45, 7) is 5.74. The molecule has 88 valence electrons. The van der Waals surface area contributed by atoms with Crippen molar-refractivity contribution in [1.29, 1.82) is 0 Å². The van der Waals surface area contributed by atoms with Crippen LogP contribution in [0.1, 0.15) is 13.8 Å². The predicted molar refractivity (Wildman–Crippen MR) is 68.1 cm³/mol. The van der Waals surface area contributed by atoms with Crippen LogP contribution in [-0.2, 0) is 0 Å². The number of ether oxygens (including phenoxy) is 1. The van der Waals surface area contributed by atoms with E-state index in [0.29, 0.717) is 13.2 Å². The molecule has 0 atom stereocenters. The average molecular weight is 286 g/mol. The summed E-state index contributed by atoms with van der Waals surface area (Å²) in [6, 6.07) is 5.97. The van der Waals surface area contributed by atoms with Crippen LogP contribution in [0.4, 0.5) is 5.69 Å². The maximum absolute atomic E-state index is 9.86. The summed E-state index contributed by atoms with van der Waals surface area (Å²) in [5.41, 5.74) is 0.360. The Morgan fingerprint density at radius 1 is 1.50 bits per heavy atom. The van der Waals surface area contributed by atoms with Gasteiger partial charge in [-0.1, -0.05) is 15.9 Å². The Morgan fingerprint density at radius 3 is 2.94 bits per heavy atom. The van der Waals surface area contributed by atoms with Gasteiger partial charge in [0.15, 0.2) is 0 Å². The zero-order valence-electron chi connectivity index (χ0n) is 9.53. The molecule has 16 heavy (non-hydrogen) atoms. The summed E-state index contributed by atoms with van der Waals surface area (Å²) in [5, 5.41) is 9.86. The third-order valence-electron chi connectivity index (χ3n) is 2.46. The van der Waals surface area contributed by atoms with Crippen molar-refractivity contribution < 1.29 is 9.84 Å². The van der Waals surface area contributed by atoms with Gasteiger partial charge in [-0.3, -0.25) is 0 Å². The second-order valence-corrected chi connectivity index (χ2v) is 5.61.